The number of aromatic nitrogens is 2. The lowest BCUT2D eigenvalue weighted by Gasteiger charge is -2.51. The summed E-state index contributed by atoms with van der Waals surface area (Å²) in [6.45, 7) is 4.29. The van der Waals surface area contributed by atoms with Crippen LogP contribution in [0.5, 0.6) is 0 Å². The van der Waals surface area contributed by atoms with Crippen molar-refractivity contribution in [3.63, 3.8) is 0 Å². The first-order valence-corrected chi connectivity index (χ1v) is 6.89. The van der Waals surface area contributed by atoms with Gasteiger partial charge in [-0.25, -0.2) is 4.98 Å². The van der Waals surface area contributed by atoms with Gasteiger partial charge in [-0.2, -0.15) is 0 Å². The third kappa shape index (κ3) is 1.34. The molecule has 0 bridgehead atoms. The van der Waals surface area contributed by atoms with E-state index in [0.717, 1.165) is 6.42 Å². The summed E-state index contributed by atoms with van der Waals surface area (Å²) in [6.07, 6.45) is 4.65. The fourth-order valence-electron chi connectivity index (χ4n) is 3.85. The van der Waals surface area contributed by atoms with Crippen molar-refractivity contribution in [2.45, 2.75) is 32.4 Å². The topological polar surface area (TPSA) is 38.0 Å². The van der Waals surface area contributed by atoms with Gasteiger partial charge < -0.3 is 9.67 Å². The molecule has 1 fully saturated rings. The minimum absolute atomic E-state index is 0.0446. The molecule has 3 atom stereocenters. The van der Waals surface area contributed by atoms with Crippen molar-refractivity contribution in [3.05, 3.63) is 42.4 Å². The van der Waals surface area contributed by atoms with Crippen LogP contribution in [0.15, 0.2) is 36.8 Å². The van der Waals surface area contributed by atoms with E-state index in [1.165, 1.54) is 16.8 Å². The summed E-state index contributed by atoms with van der Waals surface area (Å²) in [4.78, 5) is 4.28. The smallest absolute Gasteiger partial charge is 0.0956 e. The first-order valence-electron chi connectivity index (χ1n) is 6.89. The monoisotopic (exact) mass is 254 g/mol. The summed E-state index contributed by atoms with van der Waals surface area (Å²) in [5.74, 6) is 0.298. The molecule has 98 valence electrons. The molecule has 3 nitrogen and oxygen atoms in total. The Morgan fingerprint density at radius 2 is 2.11 bits per heavy atom. The number of nitrogens with zero attached hydrogens (tertiary/aromatic N) is 2. The molecule has 1 aliphatic carbocycles. The van der Waals surface area contributed by atoms with E-state index >= 15 is 0 Å². The van der Waals surface area contributed by atoms with Gasteiger partial charge in [0.2, 0.25) is 0 Å². The Kier molecular flexibility index (Phi) is 2.06. The van der Waals surface area contributed by atoms with Crippen molar-refractivity contribution >= 4 is 0 Å². The van der Waals surface area contributed by atoms with Crippen molar-refractivity contribution in [1.82, 2.24) is 9.55 Å². The van der Waals surface area contributed by atoms with E-state index < -0.39 is 0 Å². The number of hydrogen-bond donors (Lipinski definition) is 1. The van der Waals surface area contributed by atoms with Gasteiger partial charge in [-0.1, -0.05) is 38.1 Å². The molecule has 0 unspecified atom stereocenters. The highest BCUT2D eigenvalue weighted by Gasteiger charge is 2.52. The number of benzene rings is 1. The Morgan fingerprint density at radius 3 is 2.84 bits per heavy atom. The molecule has 0 radical (unpaired) electrons. The largest absolute Gasteiger partial charge is 0.392 e. The Labute approximate surface area is 112 Å². The van der Waals surface area contributed by atoms with E-state index in [4.69, 9.17) is 0 Å². The molecule has 1 aromatic heterocycles. The standard InChI is InChI=1S/C16H18N2O/c1-16(2)7-12(15(16)19)14-11-6-4-3-5-10(11)13-8-17-9-18(13)14/h3-6,8-9,12,14-15,19H,7H2,1-2H3/t12-,14+,15-/m0/s1. The van der Waals surface area contributed by atoms with Crippen LogP contribution in [-0.4, -0.2) is 20.8 Å². The van der Waals surface area contributed by atoms with E-state index in [1.54, 1.807) is 0 Å². The van der Waals surface area contributed by atoms with Crippen LogP contribution in [0, 0.1) is 11.3 Å². The van der Waals surface area contributed by atoms with Gasteiger partial charge in [-0.15, -0.1) is 0 Å². The predicted molar refractivity (Wildman–Crippen MR) is 73.7 cm³/mol. The quantitative estimate of drug-likeness (QED) is 0.849. The number of fused-ring (bicyclic) bond motifs is 3. The highest BCUT2D eigenvalue weighted by Crippen LogP contribution is 2.55. The average molecular weight is 254 g/mol. The van der Waals surface area contributed by atoms with Gasteiger partial charge in [0.1, 0.15) is 0 Å². The molecule has 2 aromatic rings. The Hall–Kier alpha value is -1.61. The van der Waals surface area contributed by atoms with Crippen LogP contribution in [0.1, 0.15) is 31.9 Å². The lowest BCUT2D eigenvalue weighted by atomic mass is 9.58. The van der Waals surface area contributed by atoms with Crippen molar-refractivity contribution in [2.75, 3.05) is 0 Å². The lowest BCUT2D eigenvalue weighted by molar-refractivity contribution is -0.112. The third-order valence-corrected chi connectivity index (χ3v) is 4.89. The zero-order chi connectivity index (χ0) is 13.2. The van der Waals surface area contributed by atoms with Crippen LogP contribution >= 0.6 is 0 Å². The molecule has 1 saturated carbocycles. The molecule has 0 saturated heterocycles. The minimum atomic E-state index is -0.237. The van der Waals surface area contributed by atoms with Gasteiger partial charge in [-0.3, -0.25) is 0 Å². The summed E-state index contributed by atoms with van der Waals surface area (Å²) in [5.41, 5.74) is 3.82. The van der Waals surface area contributed by atoms with Crippen molar-refractivity contribution in [3.8, 4) is 11.3 Å². The predicted octanol–water partition coefficient (Wildman–Crippen LogP) is 2.86. The Morgan fingerprint density at radius 1 is 1.32 bits per heavy atom. The molecule has 1 N–H and O–H groups in total. The molecule has 19 heavy (non-hydrogen) atoms. The van der Waals surface area contributed by atoms with Gasteiger partial charge in [-0.05, 0) is 17.4 Å². The minimum Gasteiger partial charge on any atom is -0.392 e. The second-order valence-electron chi connectivity index (χ2n) is 6.52. The Balaban J connectivity index is 1.82. The summed E-state index contributed by atoms with van der Waals surface area (Å²) in [5, 5.41) is 10.5. The molecular formula is C16H18N2O. The zero-order valence-corrected chi connectivity index (χ0v) is 11.2. The highest BCUT2D eigenvalue weighted by atomic mass is 16.3. The molecule has 2 aliphatic rings. The number of aliphatic hydroxyl groups excluding tert-OH is 1. The van der Waals surface area contributed by atoms with Crippen molar-refractivity contribution in [1.29, 1.82) is 0 Å². The maximum absolute atomic E-state index is 10.5. The van der Waals surface area contributed by atoms with Crippen LogP contribution in [-0.2, 0) is 0 Å². The summed E-state index contributed by atoms with van der Waals surface area (Å²) in [6, 6.07) is 8.74. The number of rotatable bonds is 1. The normalized spacial score (nSPS) is 30.6. The van der Waals surface area contributed by atoms with Crippen molar-refractivity contribution < 1.29 is 5.11 Å². The summed E-state index contributed by atoms with van der Waals surface area (Å²) >= 11 is 0. The second kappa shape index (κ2) is 3.48. The molecule has 4 rings (SSSR count). The van der Waals surface area contributed by atoms with Crippen LogP contribution in [0.2, 0.25) is 0 Å². The fraction of sp³-hybridized carbons (Fsp3) is 0.438. The average Bonchev–Trinajstić information content (AvgIpc) is 2.96. The first kappa shape index (κ1) is 11.2. The molecular weight excluding hydrogens is 236 g/mol. The van der Waals surface area contributed by atoms with E-state index in [-0.39, 0.29) is 17.6 Å². The molecule has 0 amide bonds. The summed E-state index contributed by atoms with van der Waals surface area (Å²) < 4.78 is 2.23. The van der Waals surface area contributed by atoms with Gasteiger partial charge >= 0.3 is 0 Å². The van der Waals surface area contributed by atoms with E-state index in [9.17, 15) is 5.11 Å². The van der Waals surface area contributed by atoms with Gasteiger partial charge in [0.15, 0.2) is 0 Å². The second-order valence-corrected chi connectivity index (χ2v) is 6.52. The number of aliphatic hydroxyl groups is 1. The van der Waals surface area contributed by atoms with Crippen LogP contribution in [0.4, 0.5) is 0 Å². The van der Waals surface area contributed by atoms with Crippen molar-refractivity contribution in [2.24, 2.45) is 11.3 Å². The molecule has 1 aliphatic heterocycles. The fourth-order valence-corrected chi connectivity index (χ4v) is 3.85. The third-order valence-electron chi connectivity index (χ3n) is 4.89. The molecule has 3 heteroatoms. The SMILES string of the molecule is CC1(C)C[C@@H]([C@H]2c3ccccc3-c3cncn32)[C@@H]1O. The van der Waals surface area contributed by atoms with Gasteiger partial charge in [0.25, 0.3) is 0 Å². The molecule has 0 spiro atoms. The van der Waals surface area contributed by atoms with E-state index in [1.807, 2.05) is 12.5 Å². The highest BCUT2D eigenvalue weighted by molar-refractivity contribution is 5.69. The van der Waals surface area contributed by atoms with Crippen LogP contribution < -0.4 is 0 Å². The van der Waals surface area contributed by atoms with Crippen LogP contribution in [0.25, 0.3) is 11.3 Å². The Bertz CT molecular complexity index is 644. The zero-order valence-electron chi connectivity index (χ0n) is 11.2. The molecule has 1 aromatic carbocycles. The maximum Gasteiger partial charge on any atom is 0.0956 e. The molecule has 2 heterocycles. The number of imidazole rings is 1. The lowest BCUT2D eigenvalue weighted by Crippen LogP contribution is -2.51. The summed E-state index contributed by atoms with van der Waals surface area (Å²) in [7, 11) is 0. The number of hydrogen-bond acceptors (Lipinski definition) is 2. The maximum atomic E-state index is 10.5. The van der Waals surface area contributed by atoms with Gasteiger partial charge in [0.05, 0.1) is 30.4 Å². The van der Waals surface area contributed by atoms with E-state index in [0.29, 0.717) is 5.92 Å². The first-order chi connectivity index (χ1) is 9.09. The van der Waals surface area contributed by atoms with Gasteiger partial charge in [0, 0.05) is 11.5 Å². The van der Waals surface area contributed by atoms with Crippen LogP contribution in [0.3, 0.4) is 0 Å². The van der Waals surface area contributed by atoms with E-state index in [2.05, 4.69) is 47.7 Å².